The minimum atomic E-state index is -0.700. The summed E-state index contributed by atoms with van der Waals surface area (Å²) in [7, 11) is 0. The molecule has 34 heavy (non-hydrogen) atoms. The molecule has 5 rings (SSSR count). The molecule has 0 bridgehead atoms. The number of benzene rings is 2. The highest BCUT2D eigenvalue weighted by molar-refractivity contribution is 5.85. The third kappa shape index (κ3) is 4.25. The summed E-state index contributed by atoms with van der Waals surface area (Å²) in [6.45, 7) is 9.37. The van der Waals surface area contributed by atoms with Gasteiger partial charge in [-0.25, -0.2) is 23.6 Å². The highest BCUT2D eigenvalue weighted by Crippen LogP contribution is 2.40. The Morgan fingerprint density at radius 2 is 2.00 bits per heavy atom. The molecule has 0 unspecified atom stereocenters. The zero-order valence-electron chi connectivity index (χ0n) is 18.4. The fraction of sp³-hybridized carbons (Fsp3) is 0.231. The Bertz CT molecular complexity index is 1370. The number of anilines is 2. The first-order chi connectivity index (χ1) is 16.4. The van der Waals surface area contributed by atoms with Crippen LogP contribution in [0.5, 0.6) is 11.6 Å². The lowest BCUT2D eigenvalue weighted by atomic mass is 10.1. The van der Waals surface area contributed by atoms with E-state index in [0.29, 0.717) is 24.1 Å². The summed E-state index contributed by atoms with van der Waals surface area (Å²) in [6.07, 6.45) is 5.48. The largest absolute Gasteiger partial charge is 0.446 e. The molecule has 8 heteroatoms. The molecule has 0 atom stereocenters. The van der Waals surface area contributed by atoms with E-state index >= 15 is 0 Å². The average molecular weight is 458 g/mol. The lowest BCUT2D eigenvalue weighted by molar-refractivity contribution is -0.119. The predicted molar refractivity (Wildman–Crippen MR) is 123 cm³/mol. The van der Waals surface area contributed by atoms with Gasteiger partial charge in [0.25, 0.3) is 5.69 Å². The maximum absolute atomic E-state index is 15.0. The lowest BCUT2D eigenvalue weighted by Crippen LogP contribution is -2.04. The topological polar surface area (TPSA) is 68.5 Å². The molecule has 6 nitrogen and oxygen atoms in total. The van der Waals surface area contributed by atoms with Crippen molar-refractivity contribution in [3.8, 4) is 11.6 Å². The number of rotatable bonds is 7. The second kappa shape index (κ2) is 8.67. The van der Waals surface area contributed by atoms with Crippen LogP contribution in [0.3, 0.4) is 0 Å². The van der Waals surface area contributed by atoms with Gasteiger partial charge in [-0.2, -0.15) is 0 Å². The molecule has 2 aliphatic carbocycles. The highest BCUT2D eigenvalue weighted by atomic mass is 19.1. The number of hydrogen-bond donors (Lipinski definition) is 1. The van der Waals surface area contributed by atoms with Gasteiger partial charge in [0, 0.05) is 35.2 Å². The Balaban J connectivity index is 1.38. The van der Waals surface area contributed by atoms with Gasteiger partial charge in [-0.3, -0.25) is 4.79 Å². The van der Waals surface area contributed by atoms with Crippen molar-refractivity contribution < 1.29 is 18.3 Å². The number of Topliss-reactive ketones (excluding diaryl/α,β-unsaturated/α-hetero) is 1. The van der Waals surface area contributed by atoms with Crippen molar-refractivity contribution in [2.24, 2.45) is 5.92 Å². The van der Waals surface area contributed by atoms with Crippen LogP contribution in [0, 0.1) is 24.1 Å². The number of carbonyl (C=O) groups excluding carboxylic acids is 1. The number of ether oxygens (including phenoxy) is 1. The number of ketones is 1. The zero-order chi connectivity index (χ0) is 23.8. The fourth-order valence-electron chi connectivity index (χ4n) is 3.97. The van der Waals surface area contributed by atoms with Gasteiger partial charge in [-0.1, -0.05) is 23.8 Å². The lowest BCUT2D eigenvalue weighted by Gasteiger charge is -2.13. The first-order valence-corrected chi connectivity index (χ1v) is 10.9. The molecule has 0 radical (unpaired) electrons. The molecule has 2 aromatic carbocycles. The summed E-state index contributed by atoms with van der Waals surface area (Å²) < 4.78 is 35.0. The van der Waals surface area contributed by atoms with Gasteiger partial charge in [0.05, 0.1) is 6.57 Å². The third-order valence-corrected chi connectivity index (χ3v) is 5.91. The molecule has 0 amide bonds. The van der Waals surface area contributed by atoms with E-state index in [1.54, 1.807) is 25.1 Å². The standard InChI is InChI=1S/C26H20F2N4O2/c1-14-9-18-19(10-14)23(28)22(12-20(18)27)34-26-24(29-2)25(30-13-31-26)32-17-7-3-15(4-8-17)11-21(33)16-5-6-16/h3-4,7-8,10,12-13,16H,5-6,9,11H2,1H3,(H,30,31,32). The number of nitrogens with one attached hydrogen (secondary N) is 1. The van der Waals surface area contributed by atoms with E-state index in [9.17, 15) is 13.6 Å². The number of aromatic nitrogens is 2. The number of nitrogens with zero attached hydrogens (tertiary/aromatic N) is 3. The van der Waals surface area contributed by atoms with Crippen LogP contribution in [-0.2, 0) is 17.6 Å². The summed E-state index contributed by atoms with van der Waals surface area (Å²) in [4.78, 5) is 23.5. The summed E-state index contributed by atoms with van der Waals surface area (Å²) >= 11 is 0. The smallest absolute Gasteiger partial charge is 0.288 e. The normalized spacial score (nSPS) is 14.2. The van der Waals surface area contributed by atoms with Crippen molar-refractivity contribution in [3.05, 3.63) is 82.0 Å². The quantitative estimate of drug-likeness (QED) is 0.420. The number of hydrogen-bond acceptors (Lipinski definition) is 5. The molecule has 0 spiro atoms. The molecule has 1 aromatic heterocycles. The first kappa shape index (κ1) is 21.7. The molecule has 170 valence electrons. The van der Waals surface area contributed by atoms with Crippen molar-refractivity contribution in [1.29, 1.82) is 0 Å². The second-order valence-corrected chi connectivity index (χ2v) is 8.56. The van der Waals surface area contributed by atoms with Gasteiger partial charge in [0.1, 0.15) is 23.7 Å². The van der Waals surface area contributed by atoms with E-state index in [0.717, 1.165) is 30.0 Å². The van der Waals surface area contributed by atoms with Crippen LogP contribution in [0.4, 0.5) is 26.0 Å². The van der Waals surface area contributed by atoms with E-state index in [1.807, 2.05) is 12.1 Å². The van der Waals surface area contributed by atoms with E-state index in [-0.39, 0.29) is 40.4 Å². The van der Waals surface area contributed by atoms with Gasteiger partial charge in [-0.05, 0) is 43.9 Å². The molecular weight excluding hydrogens is 438 g/mol. The SMILES string of the molecule is [C-]#[N+]c1c(Nc2ccc(CC(=O)C3CC3)cc2)ncnc1Oc1cc(F)c2c(c1F)C=C(C)C2. The summed E-state index contributed by atoms with van der Waals surface area (Å²) in [6, 6.07) is 8.24. The van der Waals surface area contributed by atoms with Crippen LogP contribution >= 0.6 is 0 Å². The molecule has 2 aliphatic rings. The molecule has 0 saturated heterocycles. The Kier molecular flexibility index (Phi) is 5.54. The molecule has 1 heterocycles. The van der Waals surface area contributed by atoms with Crippen molar-refractivity contribution in [2.45, 2.75) is 32.6 Å². The Labute approximate surface area is 195 Å². The second-order valence-electron chi connectivity index (χ2n) is 8.56. The Hall–Kier alpha value is -4.12. The van der Waals surface area contributed by atoms with Crippen molar-refractivity contribution in [3.63, 3.8) is 0 Å². The van der Waals surface area contributed by atoms with Crippen LogP contribution in [-0.4, -0.2) is 15.8 Å². The van der Waals surface area contributed by atoms with Gasteiger partial charge in [0.2, 0.25) is 5.88 Å². The van der Waals surface area contributed by atoms with Crippen molar-refractivity contribution in [2.75, 3.05) is 5.32 Å². The molecule has 0 aliphatic heterocycles. The predicted octanol–water partition coefficient (Wildman–Crippen LogP) is 6.32. The maximum atomic E-state index is 15.0. The Morgan fingerprint density at radius 3 is 2.71 bits per heavy atom. The van der Waals surface area contributed by atoms with Crippen molar-refractivity contribution in [1.82, 2.24) is 9.97 Å². The molecule has 1 N–H and O–H groups in total. The van der Waals surface area contributed by atoms with E-state index in [4.69, 9.17) is 11.3 Å². The van der Waals surface area contributed by atoms with Gasteiger partial charge < -0.3 is 10.1 Å². The van der Waals surface area contributed by atoms with Gasteiger partial charge in [0.15, 0.2) is 11.6 Å². The van der Waals surface area contributed by atoms with Crippen LogP contribution in [0.1, 0.15) is 36.5 Å². The molecular formula is C26H20F2N4O2. The number of carbonyl (C=O) groups is 1. The van der Waals surface area contributed by atoms with Crippen LogP contribution in [0.15, 0.2) is 42.2 Å². The van der Waals surface area contributed by atoms with Crippen LogP contribution in [0.2, 0.25) is 0 Å². The maximum Gasteiger partial charge on any atom is 0.288 e. The summed E-state index contributed by atoms with van der Waals surface area (Å²) in [5, 5.41) is 3.03. The van der Waals surface area contributed by atoms with Gasteiger partial charge in [-0.15, -0.1) is 0 Å². The fourth-order valence-corrected chi connectivity index (χ4v) is 3.97. The van der Waals surface area contributed by atoms with E-state index in [2.05, 4.69) is 20.1 Å². The summed E-state index contributed by atoms with van der Waals surface area (Å²) in [5.74, 6) is -1.17. The third-order valence-electron chi connectivity index (χ3n) is 5.91. The summed E-state index contributed by atoms with van der Waals surface area (Å²) in [5.41, 5.74) is 2.79. The van der Waals surface area contributed by atoms with Crippen molar-refractivity contribution >= 4 is 29.1 Å². The van der Waals surface area contributed by atoms with Crippen LogP contribution < -0.4 is 10.1 Å². The molecule has 1 saturated carbocycles. The van der Waals surface area contributed by atoms with Crippen LogP contribution in [0.25, 0.3) is 10.9 Å². The first-order valence-electron chi connectivity index (χ1n) is 10.9. The Morgan fingerprint density at radius 1 is 1.24 bits per heavy atom. The highest BCUT2D eigenvalue weighted by Gasteiger charge is 2.29. The van der Waals surface area contributed by atoms with E-state index < -0.39 is 11.6 Å². The average Bonchev–Trinajstić information content (AvgIpc) is 3.60. The molecule has 3 aromatic rings. The number of halogens is 2. The monoisotopic (exact) mass is 458 g/mol. The number of allylic oxidation sites excluding steroid dienone is 1. The zero-order valence-corrected chi connectivity index (χ0v) is 18.4. The minimum Gasteiger partial charge on any atom is -0.446 e. The minimum absolute atomic E-state index is 0.0671. The molecule has 1 fully saturated rings. The van der Waals surface area contributed by atoms with Gasteiger partial charge >= 0.3 is 0 Å². The van der Waals surface area contributed by atoms with E-state index in [1.165, 1.54) is 6.33 Å². The number of fused-ring (bicyclic) bond motifs is 1.